The van der Waals surface area contributed by atoms with Crippen LogP contribution in [-0.4, -0.2) is 34.0 Å². The Hall–Kier alpha value is -1.49. The SMILES string of the molecule is CC(C)(CC(=O)NC1(C(=O)O)CCSC1)c1ccccc1. The van der Waals surface area contributed by atoms with E-state index in [1.165, 1.54) is 0 Å². The molecule has 2 rings (SSSR count). The molecular formula is C16H21NO3S. The summed E-state index contributed by atoms with van der Waals surface area (Å²) >= 11 is 1.57. The number of aliphatic carboxylic acids is 1. The fourth-order valence-corrected chi connectivity index (χ4v) is 3.92. The fourth-order valence-electron chi connectivity index (χ4n) is 2.59. The average molecular weight is 307 g/mol. The first-order chi connectivity index (χ1) is 9.86. The van der Waals surface area contributed by atoms with Gasteiger partial charge in [-0.2, -0.15) is 11.8 Å². The fraction of sp³-hybridized carbons (Fsp3) is 0.500. The Morgan fingerprint density at radius 3 is 2.52 bits per heavy atom. The van der Waals surface area contributed by atoms with Crippen molar-refractivity contribution in [2.24, 2.45) is 0 Å². The molecule has 1 aromatic carbocycles. The van der Waals surface area contributed by atoms with Gasteiger partial charge in [0.05, 0.1) is 0 Å². The molecule has 2 N–H and O–H groups in total. The van der Waals surface area contributed by atoms with Gasteiger partial charge in [-0.25, -0.2) is 4.79 Å². The standard InChI is InChI=1S/C16H21NO3S/c1-15(2,12-6-4-3-5-7-12)10-13(18)17-16(14(19)20)8-9-21-11-16/h3-7H,8-11H2,1-2H3,(H,17,18)(H,19,20). The Morgan fingerprint density at radius 2 is 2.00 bits per heavy atom. The van der Waals surface area contributed by atoms with E-state index < -0.39 is 11.5 Å². The lowest BCUT2D eigenvalue weighted by molar-refractivity contribution is -0.146. The Balaban J connectivity index is 2.06. The van der Waals surface area contributed by atoms with E-state index in [4.69, 9.17) is 0 Å². The van der Waals surface area contributed by atoms with Gasteiger partial charge < -0.3 is 10.4 Å². The van der Waals surface area contributed by atoms with Crippen molar-refractivity contribution in [2.45, 2.75) is 37.6 Å². The van der Waals surface area contributed by atoms with Gasteiger partial charge in [0, 0.05) is 12.2 Å². The molecule has 4 nitrogen and oxygen atoms in total. The van der Waals surface area contributed by atoms with Crippen LogP contribution in [0.15, 0.2) is 30.3 Å². The van der Waals surface area contributed by atoms with Gasteiger partial charge in [-0.05, 0) is 23.2 Å². The summed E-state index contributed by atoms with van der Waals surface area (Å²) in [5.74, 6) is 0.0845. The minimum absolute atomic E-state index is 0.200. The van der Waals surface area contributed by atoms with Crippen molar-refractivity contribution in [3.8, 4) is 0 Å². The molecule has 0 radical (unpaired) electrons. The summed E-state index contributed by atoms with van der Waals surface area (Å²) < 4.78 is 0. The zero-order valence-electron chi connectivity index (χ0n) is 12.4. The predicted octanol–water partition coefficient (Wildman–Crippen LogP) is 2.43. The molecule has 5 heteroatoms. The summed E-state index contributed by atoms with van der Waals surface area (Å²) in [6.07, 6.45) is 0.765. The van der Waals surface area contributed by atoms with E-state index in [2.05, 4.69) is 5.32 Å². The molecule has 0 spiro atoms. The van der Waals surface area contributed by atoms with Crippen LogP contribution >= 0.6 is 11.8 Å². The highest BCUT2D eigenvalue weighted by Crippen LogP contribution is 2.30. The number of thioether (sulfide) groups is 1. The number of hydrogen-bond acceptors (Lipinski definition) is 3. The van der Waals surface area contributed by atoms with Crippen LogP contribution in [0.1, 0.15) is 32.3 Å². The van der Waals surface area contributed by atoms with Crippen LogP contribution in [0.25, 0.3) is 0 Å². The summed E-state index contributed by atoms with van der Waals surface area (Å²) in [7, 11) is 0. The van der Waals surface area contributed by atoms with E-state index in [9.17, 15) is 14.7 Å². The first-order valence-electron chi connectivity index (χ1n) is 7.03. The first kappa shape index (κ1) is 15.9. The maximum atomic E-state index is 12.3. The van der Waals surface area contributed by atoms with Crippen molar-refractivity contribution in [1.29, 1.82) is 0 Å². The average Bonchev–Trinajstić information content (AvgIpc) is 2.89. The molecule has 21 heavy (non-hydrogen) atoms. The van der Waals surface area contributed by atoms with Crippen LogP contribution in [0.5, 0.6) is 0 Å². The second-order valence-electron chi connectivity index (χ2n) is 6.16. The van der Waals surface area contributed by atoms with E-state index in [1.54, 1.807) is 11.8 Å². The highest BCUT2D eigenvalue weighted by molar-refractivity contribution is 7.99. The molecule has 0 aromatic heterocycles. The lowest BCUT2D eigenvalue weighted by atomic mass is 9.81. The van der Waals surface area contributed by atoms with Crippen LogP contribution in [0, 0.1) is 0 Å². The summed E-state index contributed by atoms with van der Waals surface area (Å²) in [4.78, 5) is 23.8. The minimum Gasteiger partial charge on any atom is -0.479 e. The Bertz CT molecular complexity index is 522. The molecule has 1 atom stereocenters. The third-order valence-electron chi connectivity index (χ3n) is 3.97. The summed E-state index contributed by atoms with van der Waals surface area (Å²) in [6, 6.07) is 9.81. The van der Waals surface area contributed by atoms with Crippen molar-refractivity contribution < 1.29 is 14.7 Å². The van der Waals surface area contributed by atoms with Crippen LogP contribution < -0.4 is 5.32 Å². The van der Waals surface area contributed by atoms with Crippen molar-refractivity contribution in [1.82, 2.24) is 5.32 Å². The molecule has 1 aliphatic heterocycles. The topological polar surface area (TPSA) is 66.4 Å². The molecule has 0 aliphatic carbocycles. The number of carbonyl (C=O) groups excluding carboxylic acids is 1. The van der Waals surface area contributed by atoms with E-state index in [-0.39, 0.29) is 17.7 Å². The molecule has 1 saturated heterocycles. The lowest BCUT2D eigenvalue weighted by Gasteiger charge is -2.29. The number of rotatable bonds is 5. The lowest BCUT2D eigenvalue weighted by Crippen LogP contribution is -2.55. The maximum absolute atomic E-state index is 12.3. The minimum atomic E-state index is -1.09. The van der Waals surface area contributed by atoms with E-state index in [0.717, 1.165) is 11.3 Å². The number of hydrogen-bond donors (Lipinski definition) is 2. The van der Waals surface area contributed by atoms with Gasteiger partial charge in [-0.3, -0.25) is 4.79 Å². The Labute approximate surface area is 129 Å². The molecule has 1 unspecified atom stereocenters. The van der Waals surface area contributed by atoms with Gasteiger partial charge in [-0.1, -0.05) is 44.2 Å². The number of amides is 1. The molecule has 1 aromatic rings. The highest BCUT2D eigenvalue weighted by atomic mass is 32.2. The molecule has 1 amide bonds. The third kappa shape index (κ3) is 3.59. The summed E-state index contributed by atoms with van der Waals surface area (Å²) in [5, 5.41) is 12.2. The van der Waals surface area contributed by atoms with Gasteiger partial charge in [0.1, 0.15) is 5.54 Å². The predicted molar refractivity (Wildman–Crippen MR) is 84.5 cm³/mol. The Kier molecular flexibility index (Phi) is 4.61. The van der Waals surface area contributed by atoms with Crippen LogP contribution in [0.3, 0.4) is 0 Å². The first-order valence-corrected chi connectivity index (χ1v) is 8.19. The molecule has 0 saturated carbocycles. The van der Waals surface area contributed by atoms with Crippen molar-refractivity contribution in [3.63, 3.8) is 0 Å². The van der Waals surface area contributed by atoms with Crippen molar-refractivity contribution in [3.05, 3.63) is 35.9 Å². The van der Waals surface area contributed by atoms with Crippen LogP contribution in [-0.2, 0) is 15.0 Å². The van der Waals surface area contributed by atoms with Gasteiger partial charge in [0.2, 0.25) is 5.91 Å². The summed E-state index contributed by atoms with van der Waals surface area (Å²) in [6.45, 7) is 4.00. The monoisotopic (exact) mass is 307 g/mol. The van der Waals surface area contributed by atoms with Gasteiger partial charge in [-0.15, -0.1) is 0 Å². The second-order valence-corrected chi connectivity index (χ2v) is 7.27. The molecule has 1 heterocycles. The zero-order valence-corrected chi connectivity index (χ0v) is 13.2. The van der Waals surface area contributed by atoms with Crippen LogP contribution in [0.4, 0.5) is 0 Å². The molecule has 1 aliphatic rings. The smallest absolute Gasteiger partial charge is 0.330 e. The number of carbonyl (C=O) groups is 2. The molecule has 114 valence electrons. The third-order valence-corrected chi connectivity index (χ3v) is 5.16. The van der Waals surface area contributed by atoms with Gasteiger partial charge in [0.15, 0.2) is 0 Å². The largest absolute Gasteiger partial charge is 0.479 e. The number of benzene rings is 1. The highest BCUT2D eigenvalue weighted by Gasteiger charge is 2.43. The molecule has 1 fully saturated rings. The van der Waals surface area contributed by atoms with E-state index in [0.29, 0.717) is 12.2 Å². The number of carboxylic acids is 1. The van der Waals surface area contributed by atoms with Crippen LogP contribution in [0.2, 0.25) is 0 Å². The zero-order chi connectivity index (χ0) is 15.5. The normalized spacial score (nSPS) is 22.0. The van der Waals surface area contributed by atoms with Crippen molar-refractivity contribution >= 4 is 23.6 Å². The van der Waals surface area contributed by atoms with Gasteiger partial charge >= 0.3 is 5.97 Å². The molecule has 0 bridgehead atoms. The van der Waals surface area contributed by atoms with Gasteiger partial charge in [0.25, 0.3) is 0 Å². The van der Waals surface area contributed by atoms with E-state index >= 15 is 0 Å². The van der Waals surface area contributed by atoms with E-state index in [1.807, 2.05) is 44.2 Å². The maximum Gasteiger partial charge on any atom is 0.330 e. The number of nitrogens with one attached hydrogen (secondary N) is 1. The Morgan fingerprint density at radius 1 is 1.33 bits per heavy atom. The molecular weight excluding hydrogens is 286 g/mol. The summed E-state index contributed by atoms with van der Waals surface area (Å²) in [5.41, 5.74) is -0.337. The van der Waals surface area contributed by atoms with Crippen molar-refractivity contribution in [2.75, 3.05) is 11.5 Å². The quantitative estimate of drug-likeness (QED) is 0.877. The number of carboxylic acid groups (broad SMARTS) is 1. The second kappa shape index (κ2) is 6.10.